The first-order chi connectivity index (χ1) is 12.0. The van der Waals surface area contributed by atoms with Crippen LogP contribution in [0.2, 0.25) is 0 Å². The van der Waals surface area contributed by atoms with Crippen molar-refractivity contribution < 1.29 is 22.6 Å². The second-order valence-corrected chi connectivity index (χ2v) is 6.21. The third-order valence-electron chi connectivity index (χ3n) is 4.43. The number of alkyl halides is 2. The highest BCUT2D eigenvalue weighted by molar-refractivity contribution is 5.46. The summed E-state index contributed by atoms with van der Waals surface area (Å²) in [6.07, 6.45) is -1.56. The molecular formula is C20H21F3O2. The van der Waals surface area contributed by atoms with Crippen LogP contribution in [0.25, 0.3) is 0 Å². The summed E-state index contributed by atoms with van der Waals surface area (Å²) in [4.78, 5) is 0. The molecule has 1 atom stereocenters. The Kier molecular flexibility index (Phi) is 4.93. The Hall–Kier alpha value is -2.17. The zero-order valence-electron chi connectivity index (χ0n) is 14.3. The van der Waals surface area contributed by atoms with Gasteiger partial charge >= 0.3 is 6.11 Å². The molecule has 2 nitrogen and oxygen atoms in total. The summed E-state index contributed by atoms with van der Waals surface area (Å²) in [7, 11) is 0. The predicted molar refractivity (Wildman–Crippen MR) is 90.0 cm³/mol. The molecular weight excluding hydrogens is 329 g/mol. The van der Waals surface area contributed by atoms with Crippen LogP contribution in [0.4, 0.5) is 13.2 Å². The van der Waals surface area contributed by atoms with Gasteiger partial charge in [-0.25, -0.2) is 0 Å². The molecule has 25 heavy (non-hydrogen) atoms. The van der Waals surface area contributed by atoms with Gasteiger partial charge in [-0.3, -0.25) is 0 Å². The fraction of sp³-hybridized carbons (Fsp3) is 0.400. The van der Waals surface area contributed by atoms with Crippen LogP contribution >= 0.6 is 0 Å². The van der Waals surface area contributed by atoms with Gasteiger partial charge in [-0.15, -0.1) is 0 Å². The van der Waals surface area contributed by atoms with Crippen molar-refractivity contribution in [1.82, 2.24) is 0 Å². The summed E-state index contributed by atoms with van der Waals surface area (Å²) in [5.74, 6) is -2.49. The van der Waals surface area contributed by atoms with Crippen LogP contribution in [-0.2, 0) is 12.8 Å². The minimum atomic E-state index is -3.48. The minimum absolute atomic E-state index is 0.0127. The molecule has 1 heterocycles. The molecule has 0 amide bonds. The molecule has 2 aromatic carbocycles. The van der Waals surface area contributed by atoms with Crippen LogP contribution in [0.15, 0.2) is 36.4 Å². The lowest BCUT2D eigenvalue weighted by Gasteiger charge is -2.33. The zero-order valence-corrected chi connectivity index (χ0v) is 14.3. The third kappa shape index (κ3) is 3.46. The molecule has 134 valence electrons. The molecule has 0 N–H and O–H groups in total. The Labute approximate surface area is 145 Å². The number of hydrogen-bond donors (Lipinski definition) is 0. The van der Waals surface area contributed by atoms with Gasteiger partial charge in [-0.05, 0) is 42.5 Å². The number of hydrogen-bond acceptors (Lipinski definition) is 2. The Morgan fingerprint density at radius 2 is 1.84 bits per heavy atom. The fourth-order valence-corrected chi connectivity index (χ4v) is 3.18. The maximum absolute atomic E-state index is 14.5. The number of rotatable bonds is 5. The van der Waals surface area contributed by atoms with Crippen LogP contribution in [0.3, 0.4) is 0 Å². The summed E-state index contributed by atoms with van der Waals surface area (Å²) in [5.41, 5.74) is 2.03. The van der Waals surface area contributed by atoms with Crippen LogP contribution in [0, 0.1) is 5.82 Å². The molecule has 5 heteroatoms. The Morgan fingerprint density at radius 3 is 2.48 bits per heavy atom. The molecule has 1 aliphatic heterocycles. The summed E-state index contributed by atoms with van der Waals surface area (Å²) in [6.45, 7) is 4.02. The van der Waals surface area contributed by atoms with Gasteiger partial charge in [0.25, 0.3) is 0 Å². The van der Waals surface area contributed by atoms with Gasteiger partial charge in [0.05, 0.1) is 12.5 Å². The van der Waals surface area contributed by atoms with Crippen LogP contribution < -0.4 is 9.47 Å². The van der Waals surface area contributed by atoms with Crippen molar-refractivity contribution in [3.05, 3.63) is 58.9 Å². The van der Waals surface area contributed by atoms with E-state index >= 15 is 0 Å². The van der Waals surface area contributed by atoms with E-state index in [1.54, 1.807) is 25.1 Å². The van der Waals surface area contributed by atoms with Crippen molar-refractivity contribution in [2.24, 2.45) is 0 Å². The van der Waals surface area contributed by atoms with E-state index < -0.39 is 23.6 Å². The van der Waals surface area contributed by atoms with Gasteiger partial charge in [0, 0.05) is 0 Å². The molecule has 0 aromatic heterocycles. The summed E-state index contributed by atoms with van der Waals surface area (Å²) >= 11 is 0. The third-order valence-corrected chi connectivity index (χ3v) is 4.43. The van der Waals surface area contributed by atoms with Crippen LogP contribution in [-0.4, -0.2) is 12.7 Å². The summed E-state index contributed by atoms with van der Waals surface area (Å²) < 4.78 is 53.4. The van der Waals surface area contributed by atoms with Gasteiger partial charge in [0.15, 0.2) is 11.5 Å². The molecule has 3 rings (SSSR count). The van der Waals surface area contributed by atoms with Crippen LogP contribution in [0.5, 0.6) is 11.5 Å². The van der Waals surface area contributed by atoms with Crippen molar-refractivity contribution in [3.8, 4) is 11.5 Å². The maximum Gasteiger partial charge on any atom is 0.405 e. The van der Waals surface area contributed by atoms with Crippen molar-refractivity contribution in [2.45, 2.75) is 45.1 Å². The quantitative estimate of drug-likeness (QED) is 0.710. The maximum atomic E-state index is 14.5. The molecule has 0 fully saturated rings. The van der Waals surface area contributed by atoms with Crippen molar-refractivity contribution in [1.29, 1.82) is 0 Å². The average Bonchev–Trinajstić information content (AvgIpc) is 2.58. The van der Waals surface area contributed by atoms with Gasteiger partial charge < -0.3 is 9.47 Å². The minimum Gasteiger partial charge on any atom is -0.491 e. The Morgan fingerprint density at radius 1 is 1.12 bits per heavy atom. The molecule has 0 spiro atoms. The first-order valence-electron chi connectivity index (χ1n) is 8.56. The molecule has 0 bridgehead atoms. The van der Waals surface area contributed by atoms with E-state index in [4.69, 9.17) is 9.47 Å². The van der Waals surface area contributed by atoms with Gasteiger partial charge in [0.1, 0.15) is 0 Å². The van der Waals surface area contributed by atoms with Crippen molar-refractivity contribution in [2.75, 3.05) is 6.61 Å². The van der Waals surface area contributed by atoms with E-state index in [0.29, 0.717) is 11.1 Å². The number of benzene rings is 2. The van der Waals surface area contributed by atoms with Crippen molar-refractivity contribution >= 4 is 0 Å². The van der Waals surface area contributed by atoms with E-state index in [2.05, 4.69) is 6.92 Å². The first kappa shape index (κ1) is 17.6. The lowest BCUT2D eigenvalue weighted by Crippen LogP contribution is -2.38. The van der Waals surface area contributed by atoms with E-state index in [-0.39, 0.29) is 18.8 Å². The monoisotopic (exact) mass is 350 g/mol. The highest BCUT2D eigenvalue weighted by atomic mass is 19.3. The van der Waals surface area contributed by atoms with Crippen LogP contribution in [0.1, 0.15) is 42.9 Å². The second kappa shape index (κ2) is 6.98. The highest BCUT2D eigenvalue weighted by Crippen LogP contribution is 2.47. The van der Waals surface area contributed by atoms with Gasteiger partial charge in [-0.1, -0.05) is 43.7 Å². The molecule has 0 aliphatic carbocycles. The van der Waals surface area contributed by atoms with E-state index in [1.165, 1.54) is 6.07 Å². The Bertz CT molecular complexity index is 741. The second-order valence-electron chi connectivity index (χ2n) is 6.21. The Balaban J connectivity index is 1.92. The van der Waals surface area contributed by atoms with E-state index in [9.17, 15) is 13.2 Å². The molecule has 2 aromatic rings. The average molecular weight is 350 g/mol. The lowest BCUT2D eigenvalue weighted by molar-refractivity contribution is -0.203. The normalized spacial score (nSPS) is 18.4. The molecule has 0 radical (unpaired) electrons. The van der Waals surface area contributed by atoms with Crippen molar-refractivity contribution in [3.63, 3.8) is 0 Å². The molecule has 1 unspecified atom stereocenters. The summed E-state index contributed by atoms with van der Waals surface area (Å²) in [5, 5.41) is 0. The first-order valence-corrected chi connectivity index (χ1v) is 8.56. The number of fused-ring (bicyclic) bond motifs is 1. The standard InChI is InChI=1S/C20H21F3O2/c1-3-5-13-6-8-14(9-7-13)16-12-15-10-11-17(24-4-2)18(21)19(15)25-20(16,22)23/h6-11,16H,3-5,12H2,1-2H3. The summed E-state index contributed by atoms with van der Waals surface area (Å²) in [6, 6.07) is 10.2. The largest absolute Gasteiger partial charge is 0.491 e. The lowest BCUT2D eigenvalue weighted by atomic mass is 9.87. The topological polar surface area (TPSA) is 18.5 Å². The predicted octanol–water partition coefficient (Wildman–Crippen LogP) is 5.49. The van der Waals surface area contributed by atoms with E-state index in [1.807, 2.05) is 12.1 Å². The smallest absolute Gasteiger partial charge is 0.405 e. The molecule has 1 aliphatic rings. The number of halogens is 3. The fourth-order valence-electron chi connectivity index (χ4n) is 3.18. The zero-order chi connectivity index (χ0) is 18.0. The number of aryl methyl sites for hydroxylation is 1. The SMILES string of the molecule is CCCc1ccc(C2Cc3ccc(OCC)c(F)c3OC2(F)F)cc1. The molecule has 0 saturated heterocycles. The van der Waals surface area contributed by atoms with Gasteiger partial charge in [-0.2, -0.15) is 13.2 Å². The molecule has 0 saturated carbocycles. The van der Waals surface area contributed by atoms with E-state index in [0.717, 1.165) is 18.4 Å². The number of ether oxygens (including phenoxy) is 2. The van der Waals surface area contributed by atoms with Gasteiger partial charge in [0.2, 0.25) is 5.82 Å². The highest BCUT2D eigenvalue weighted by Gasteiger charge is 2.48.